The molecule has 1 aliphatic heterocycles. The average molecular weight is 336 g/mol. The fraction of sp³-hybridized carbons (Fsp3) is 0.333. The van der Waals surface area contributed by atoms with Gasteiger partial charge in [0.2, 0.25) is 0 Å². The number of rotatable bonds is 4. The van der Waals surface area contributed by atoms with Crippen molar-refractivity contribution in [2.24, 2.45) is 11.1 Å². The van der Waals surface area contributed by atoms with Gasteiger partial charge >= 0.3 is 5.97 Å². The van der Waals surface area contributed by atoms with E-state index in [0.29, 0.717) is 11.6 Å². The van der Waals surface area contributed by atoms with Crippen molar-refractivity contribution < 1.29 is 9.63 Å². The van der Waals surface area contributed by atoms with Gasteiger partial charge in [-0.25, -0.2) is 4.79 Å². The van der Waals surface area contributed by atoms with E-state index in [9.17, 15) is 4.79 Å². The Morgan fingerprint density at radius 2 is 1.72 bits per heavy atom. The maximum absolute atomic E-state index is 12.0. The summed E-state index contributed by atoms with van der Waals surface area (Å²) < 4.78 is 0. The largest absolute Gasteiger partial charge is 0.365 e. The van der Waals surface area contributed by atoms with E-state index in [1.165, 1.54) is 5.56 Å². The van der Waals surface area contributed by atoms with Crippen molar-refractivity contribution in [2.75, 3.05) is 6.54 Å². The third kappa shape index (κ3) is 4.54. The quantitative estimate of drug-likeness (QED) is 0.623. The molecule has 2 atom stereocenters. The molecule has 1 saturated heterocycles. The summed E-state index contributed by atoms with van der Waals surface area (Å²) >= 11 is 0. The Morgan fingerprint density at radius 3 is 2.40 bits per heavy atom. The first kappa shape index (κ1) is 17.4. The van der Waals surface area contributed by atoms with Gasteiger partial charge in [-0.15, -0.1) is 0 Å². The van der Waals surface area contributed by atoms with E-state index in [2.05, 4.69) is 48.2 Å². The molecule has 4 heteroatoms. The zero-order valence-electron chi connectivity index (χ0n) is 14.8. The molecule has 1 heterocycles. The van der Waals surface area contributed by atoms with Gasteiger partial charge in [0.15, 0.2) is 0 Å². The Bertz CT molecular complexity index is 728. The summed E-state index contributed by atoms with van der Waals surface area (Å²) in [4.78, 5) is 19.7. The van der Waals surface area contributed by atoms with Crippen LogP contribution in [0.15, 0.2) is 65.8 Å². The second-order valence-electron chi connectivity index (χ2n) is 6.70. The summed E-state index contributed by atoms with van der Waals surface area (Å²) in [7, 11) is 0. The molecule has 2 aromatic carbocycles. The number of benzene rings is 2. The molecule has 0 N–H and O–H groups in total. The van der Waals surface area contributed by atoms with Crippen LogP contribution in [0.25, 0.3) is 0 Å². The highest BCUT2D eigenvalue weighted by Crippen LogP contribution is 2.22. The van der Waals surface area contributed by atoms with Crippen LogP contribution in [0.4, 0.5) is 0 Å². The number of piperidine rings is 1. The van der Waals surface area contributed by atoms with Crippen molar-refractivity contribution in [1.29, 1.82) is 0 Å². The number of likely N-dealkylation sites (tertiary alicyclic amines) is 1. The summed E-state index contributed by atoms with van der Waals surface area (Å²) in [5, 5.41) is 4.17. The minimum atomic E-state index is -0.403. The third-order valence-corrected chi connectivity index (χ3v) is 4.69. The molecule has 25 heavy (non-hydrogen) atoms. The molecule has 0 saturated carbocycles. The SMILES string of the molecule is C[C@@H]1CN(Cc2ccccc2)[C@H](C)C/C1=N/OC(=O)c1ccccc1. The standard InChI is InChI=1S/C21H24N2O2/c1-16-14-23(15-18-9-5-3-6-10-18)17(2)13-20(16)22-25-21(24)19-11-7-4-8-12-19/h3-12,16-17H,13-15H2,1-2H3/b22-20-/t16-,17-/m1/s1. The van der Waals surface area contributed by atoms with Gasteiger partial charge in [0.1, 0.15) is 0 Å². The highest BCUT2D eigenvalue weighted by molar-refractivity contribution is 5.91. The smallest absolute Gasteiger partial charge is 0.313 e. The van der Waals surface area contributed by atoms with Crippen molar-refractivity contribution >= 4 is 11.7 Å². The zero-order valence-corrected chi connectivity index (χ0v) is 14.8. The molecule has 130 valence electrons. The molecule has 1 aliphatic rings. The topological polar surface area (TPSA) is 41.9 Å². The molecule has 0 spiro atoms. The van der Waals surface area contributed by atoms with Gasteiger partial charge in [-0.2, -0.15) is 0 Å². The molecule has 1 fully saturated rings. The van der Waals surface area contributed by atoms with Gasteiger partial charge in [-0.1, -0.05) is 60.6 Å². The third-order valence-electron chi connectivity index (χ3n) is 4.69. The molecule has 0 aromatic heterocycles. The normalized spacial score (nSPS) is 22.7. The van der Waals surface area contributed by atoms with Crippen LogP contribution < -0.4 is 0 Å². The molecule has 0 amide bonds. The van der Waals surface area contributed by atoms with Crippen LogP contribution in [0.1, 0.15) is 36.2 Å². The van der Waals surface area contributed by atoms with Crippen molar-refractivity contribution in [2.45, 2.75) is 32.9 Å². The number of hydrogen-bond donors (Lipinski definition) is 0. The fourth-order valence-electron chi connectivity index (χ4n) is 3.16. The van der Waals surface area contributed by atoms with Gasteiger partial charge < -0.3 is 4.84 Å². The van der Waals surface area contributed by atoms with Crippen LogP contribution in [0.5, 0.6) is 0 Å². The second-order valence-corrected chi connectivity index (χ2v) is 6.70. The number of carbonyl (C=O) groups excluding carboxylic acids is 1. The lowest BCUT2D eigenvalue weighted by Gasteiger charge is -2.37. The zero-order chi connectivity index (χ0) is 17.6. The lowest BCUT2D eigenvalue weighted by molar-refractivity contribution is 0.0506. The first-order valence-electron chi connectivity index (χ1n) is 8.74. The highest BCUT2D eigenvalue weighted by Gasteiger charge is 2.28. The summed E-state index contributed by atoms with van der Waals surface area (Å²) in [6, 6.07) is 19.8. The Kier molecular flexibility index (Phi) is 5.61. The summed E-state index contributed by atoms with van der Waals surface area (Å²) in [6.45, 7) is 6.18. The van der Waals surface area contributed by atoms with Crippen LogP contribution in [0, 0.1) is 5.92 Å². The van der Waals surface area contributed by atoms with Crippen molar-refractivity contribution in [3.63, 3.8) is 0 Å². The summed E-state index contributed by atoms with van der Waals surface area (Å²) in [5.41, 5.74) is 2.80. The van der Waals surface area contributed by atoms with E-state index >= 15 is 0 Å². The Labute approximate surface area is 149 Å². The first-order valence-corrected chi connectivity index (χ1v) is 8.74. The van der Waals surface area contributed by atoms with Crippen molar-refractivity contribution in [1.82, 2.24) is 4.90 Å². The van der Waals surface area contributed by atoms with Crippen LogP contribution >= 0.6 is 0 Å². The van der Waals surface area contributed by atoms with Gasteiger partial charge in [-0.3, -0.25) is 4.90 Å². The molecule has 2 aromatic rings. The van der Waals surface area contributed by atoms with Crippen molar-refractivity contribution in [3.8, 4) is 0 Å². The fourth-order valence-corrected chi connectivity index (χ4v) is 3.16. The van der Waals surface area contributed by atoms with E-state index in [0.717, 1.165) is 25.2 Å². The number of nitrogens with zero attached hydrogens (tertiary/aromatic N) is 2. The van der Waals surface area contributed by atoms with Crippen LogP contribution in [0.2, 0.25) is 0 Å². The monoisotopic (exact) mass is 336 g/mol. The molecule has 3 rings (SSSR count). The summed E-state index contributed by atoms with van der Waals surface area (Å²) in [6.07, 6.45) is 0.816. The molecule has 0 radical (unpaired) electrons. The minimum absolute atomic E-state index is 0.267. The lowest BCUT2D eigenvalue weighted by atomic mass is 9.92. The highest BCUT2D eigenvalue weighted by atomic mass is 16.7. The minimum Gasteiger partial charge on any atom is -0.313 e. The Hall–Kier alpha value is -2.46. The maximum Gasteiger partial charge on any atom is 0.365 e. The van der Waals surface area contributed by atoms with Gasteiger partial charge in [-0.05, 0) is 24.6 Å². The van der Waals surface area contributed by atoms with Crippen LogP contribution in [-0.2, 0) is 11.4 Å². The van der Waals surface area contributed by atoms with E-state index < -0.39 is 5.97 Å². The number of oxime groups is 1. The predicted octanol–water partition coefficient (Wildman–Crippen LogP) is 4.13. The van der Waals surface area contributed by atoms with Crippen molar-refractivity contribution in [3.05, 3.63) is 71.8 Å². The van der Waals surface area contributed by atoms with Crippen LogP contribution in [0.3, 0.4) is 0 Å². The lowest BCUT2D eigenvalue weighted by Crippen LogP contribution is -2.45. The first-order chi connectivity index (χ1) is 12.1. The Morgan fingerprint density at radius 1 is 1.08 bits per heavy atom. The number of carbonyl (C=O) groups is 1. The molecule has 0 aliphatic carbocycles. The van der Waals surface area contributed by atoms with E-state index in [1.807, 2.05) is 24.3 Å². The molecule has 0 bridgehead atoms. The van der Waals surface area contributed by atoms with E-state index in [1.54, 1.807) is 12.1 Å². The molecular weight excluding hydrogens is 312 g/mol. The van der Waals surface area contributed by atoms with Gasteiger partial charge in [0, 0.05) is 31.5 Å². The summed E-state index contributed by atoms with van der Waals surface area (Å²) in [5.74, 6) is -0.136. The molecule has 0 unspecified atom stereocenters. The van der Waals surface area contributed by atoms with Crippen LogP contribution in [-0.4, -0.2) is 29.2 Å². The molecule has 4 nitrogen and oxygen atoms in total. The number of hydrogen-bond acceptors (Lipinski definition) is 4. The molecular formula is C21H24N2O2. The predicted molar refractivity (Wildman–Crippen MR) is 99.4 cm³/mol. The van der Waals surface area contributed by atoms with E-state index in [-0.39, 0.29) is 5.92 Å². The van der Waals surface area contributed by atoms with Gasteiger partial charge in [0.25, 0.3) is 0 Å². The maximum atomic E-state index is 12.0. The van der Waals surface area contributed by atoms with Gasteiger partial charge in [0.05, 0.1) is 11.3 Å². The second kappa shape index (κ2) is 8.08. The van der Waals surface area contributed by atoms with E-state index in [4.69, 9.17) is 4.84 Å². The average Bonchev–Trinajstić information content (AvgIpc) is 2.64. The Balaban J connectivity index is 1.61.